The van der Waals surface area contributed by atoms with Gasteiger partial charge in [0.1, 0.15) is 9.84 Å². The molecule has 1 saturated heterocycles. The largest absolute Gasteiger partial charge is 0.617 e. The van der Waals surface area contributed by atoms with E-state index in [-0.39, 0.29) is 11.5 Å². The Kier molecular flexibility index (Phi) is 30.6. The molecule has 18 heteroatoms. The molecule has 0 radical (unpaired) electrons. The summed E-state index contributed by atoms with van der Waals surface area (Å²) in [4.78, 5) is 8.80. The molecule has 0 aliphatic carbocycles. The first-order chi connectivity index (χ1) is 16.1. The summed E-state index contributed by atoms with van der Waals surface area (Å²) in [6.07, 6.45) is 5.03. The summed E-state index contributed by atoms with van der Waals surface area (Å²) in [5.41, 5.74) is 0. The number of nitrogens with zero attached hydrogens (tertiary/aromatic N) is 1. The van der Waals surface area contributed by atoms with Crippen molar-refractivity contribution in [2.24, 2.45) is 0 Å². The maximum Gasteiger partial charge on any atom is 0.474 e. The number of phosphoric ester groups is 2. The monoisotopic (exact) mass is 595 g/mol. The maximum atomic E-state index is 11.3. The molecule has 1 heterocycles. The number of sulfone groups is 1. The van der Waals surface area contributed by atoms with Crippen molar-refractivity contribution in [1.82, 2.24) is 0 Å². The second kappa shape index (κ2) is 25.5. The molecular weight excluding hydrogens is 552 g/mol. The Hall–Kier alpha value is -0.120. The molecule has 1 aliphatic rings. The SMILES string of the molecule is CCOP(=O)(OCC)OCC.CC[N+](=O)[O-].COP(=O)(OC)OC.C[S+](C)[O-].O=S1(=O)CCCC1. The van der Waals surface area contributed by atoms with E-state index >= 15 is 0 Å². The molecule has 0 unspecified atom stereocenters. The molecule has 1 rings (SSSR count). The lowest BCUT2D eigenvalue weighted by atomic mass is 10.4. The van der Waals surface area contributed by atoms with Crippen LogP contribution < -0.4 is 0 Å². The van der Waals surface area contributed by atoms with Crippen LogP contribution in [0.2, 0.25) is 0 Å². The van der Waals surface area contributed by atoms with Crippen LogP contribution in [0.1, 0.15) is 40.5 Å². The van der Waals surface area contributed by atoms with E-state index in [0.717, 1.165) is 12.8 Å². The highest BCUT2D eigenvalue weighted by molar-refractivity contribution is 7.91. The molecule has 1 aliphatic heterocycles. The molecule has 1 fully saturated rings. The van der Waals surface area contributed by atoms with Crippen molar-refractivity contribution in [3.63, 3.8) is 0 Å². The molecule has 35 heavy (non-hydrogen) atoms. The Morgan fingerprint density at radius 2 is 1.06 bits per heavy atom. The zero-order chi connectivity index (χ0) is 28.6. The van der Waals surface area contributed by atoms with Crippen LogP contribution in [-0.4, -0.2) is 89.6 Å². The molecule has 0 aromatic rings. The van der Waals surface area contributed by atoms with Crippen LogP contribution >= 0.6 is 15.6 Å². The lowest BCUT2D eigenvalue weighted by molar-refractivity contribution is -0.475. The van der Waals surface area contributed by atoms with Gasteiger partial charge < -0.3 is 4.55 Å². The third kappa shape index (κ3) is 33.9. The molecule has 216 valence electrons. The number of hydrogen-bond acceptors (Lipinski definition) is 13. The van der Waals surface area contributed by atoms with Gasteiger partial charge in [0.2, 0.25) is 6.54 Å². The van der Waals surface area contributed by atoms with Gasteiger partial charge in [0.15, 0.2) is 0 Å². The second-order valence-corrected chi connectivity index (χ2v) is 13.4. The lowest BCUT2D eigenvalue weighted by Crippen LogP contribution is -1.99. The highest BCUT2D eigenvalue weighted by atomic mass is 32.2. The van der Waals surface area contributed by atoms with Gasteiger partial charge in [-0.25, -0.2) is 17.5 Å². The average molecular weight is 596 g/mol. The quantitative estimate of drug-likeness (QED) is 0.154. The van der Waals surface area contributed by atoms with Crippen LogP contribution in [0.5, 0.6) is 0 Å². The molecule has 14 nitrogen and oxygen atoms in total. The molecule has 0 aromatic carbocycles. The van der Waals surface area contributed by atoms with E-state index in [0.29, 0.717) is 31.3 Å². The predicted octanol–water partition coefficient (Wildman–Crippen LogP) is 3.71. The van der Waals surface area contributed by atoms with Crippen molar-refractivity contribution in [2.45, 2.75) is 40.5 Å². The molecule has 0 atom stereocenters. The minimum atomic E-state index is -3.22. The zero-order valence-corrected chi connectivity index (χ0v) is 25.5. The van der Waals surface area contributed by atoms with Gasteiger partial charge in [0.25, 0.3) is 0 Å². The van der Waals surface area contributed by atoms with Gasteiger partial charge in [-0.3, -0.25) is 37.3 Å². The van der Waals surface area contributed by atoms with Gasteiger partial charge in [0.05, 0.1) is 43.8 Å². The Bertz CT molecular complexity index is 636. The summed E-state index contributed by atoms with van der Waals surface area (Å²) in [5.74, 6) is 0.847. The molecule has 0 bridgehead atoms. The van der Waals surface area contributed by atoms with Crippen molar-refractivity contribution in [1.29, 1.82) is 0 Å². The van der Waals surface area contributed by atoms with Gasteiger partial charge in [-0.1, -0.05) is 11.2 Å². The second-order valence-electron chi connectivity index (χ2n) is 5.94. The van der Waals surface area contributed by atoms with Crippen molar-refractivity contribution in [2.75, 3.05) is 71.7 Å². The number of hydrogen-bond donors (Lipinski definition) is 0. The minimum Gasteiger partial charge on any atom is -0.617 e. The van der Waals surface area contributed by atoms with E-state index in [1.807, 2.05) is 0 Å². The van der Waals surface area contributed by atoms with Gasteiger partial charge >= 0.3 is 15.6 Å². The maximum absolute atomic E-state index is 11.3. The highest BCUT2D eigenvalue weighted by Gasteiger charge is 2.23. The Morgan fingerprint density at radius 1 is 0.800 bits per heavy atom. The van der Waals surface area contributed by atoms with E-state index in [2.05, 4.69) is 13.6 Å². The van der Waals surface area contributed by atoms with Crippen molar-refractivity contribution < 1.29 is 54.2 Å². The van der Waals surface area contributed by atoms with Crippen LogP contribution in [-0.2, 0) is 57.3 Å². The van der Waals surface area contributed by atoms with Crippen molar-refractivity contribution >= 4 is 36.7 Å². The number of nitro groups is 1. The normalized spacial score (nSPS) is 14.1. The third-order valence-corrected chi connectivity index (χ3v) is 7.84. The average Bonchev–Trinajstić information content (AvgIpc) is 3.18. The topological polar surface area (TPSA) is 190 Å². The van der Waals surface area contributed by atoms with Gasteiger partial charge in [-0.2, -0.15) is 0 Å². The van der Waals surface area contributed by atoms with E-state index in [9.17, 15) is 32.2 Å². The molecular formula is C17H43NO13P2S2. The van der Waals surface area contributed by atoms with Crippen LogP contribution in [0.25, 0.3) is 0 Å². The van der Waals surface area contributed by atoms with Crippen LogP contribution in [0.3, 0.4) is 0 Å². The Labute approximate surface area is 213 Å². The van der Waals surface area contributed by atoms with Gasteiger partial charge in [-0.05, 0) is 33.6 Å². The number of rotatable bonds is 10. The van der Waals surface area contributed by atoms with Crippen LogP contribution in [0.4, 0.5) is 0 Å². The van der Waals surface area contributed by atoms with E-state index in [1.54, 1.807) is 33.3 Å². The van der Waals surface area contributed by atoms with Crippen LogP contribution in [0, 0.1) is 10.1 Å². The Morgan fingerprint density at radius 3 is 1.14 bits per heavy atom. The van der Waals surface area contributed by atoms with Gasteiger partial charge in [-0.15, -0.1) is 0 Å². The number of phosphoric acid groups is 2. The van der Waals surface area contributed by atoms with E-state index in [1.165, 1.54) is 28.3 Å². The first kappa shape index (κ1) is 42.0. The fraction of sp³-hybridized carbons (Fsp3) is 1.00. The molecule has 0 N–H and O–H groups in total. The summed E-state index contributed by atoms with van der Waals surface area (Å²) >= 11 is -0.611. The Balaban J connectivity index is -0.000000179. The standard InChI is InChI=1S/C6H15O4P.C4H8O2S.C3H9O4P.C2H5NO2.C2H6OS/c1-4-8-11(7,9-5-2)10-6-3;5-7(6)3-1-2-4-7;1-5-8(4,6-2)7-3;1-2-3(4)5;1-4(2)3/h4-6H2,1-3H3;1-4H2;1-3H3;2H2,1H3;1-2H3. The first-order valence-electron chi connectivity index (χ1n) is 10.5. The molecule has 0 spiro atoms. The van der Waals surface area contributed by atoms with E-state index < -0.39 is 36.7 Å². The highest BCUT2D eigenvalue weighted by Crippen LogP contribution is 2.48. The molecule has 0 saturated carbocycles. The van der Waals surface area contributed by atoms with Crippen LogP contribution in [0.15, 0.2) is 0 Å². The van der Waals surface area contributed by atoms with E-state index in [4.69, 9.17) is 13.6 Å². The zero-order valence-electron chi connectivity index (χ0n) is 22.1. The smallest absolute Gasteiger partial charge is 0.474 e. The lowest BCUT2D eigenvalue weighted by Gasteiger charge is -2.14. The van der Waals surface area contributed by atoms with Gasteiger partial charge in [0, 0.05) is 33.2 Å². The fourth-order valence-electron chi connectivity index (χ4n) is 1.56. The summed E-state index contributed by atoms with van der Waals surface area (Å²) in [7, 11) is -5.15. The minimum absolute atomic E-state index is 0.0278. The summed E-state index contributed by atoms with van der Waals surface area (Å²) in [5, 5.41) is 9.17. The molecule has 0 aromatic heterocycles. The summed E-state index contributed by atoms with van der Waals surface area (Å²) in [6, 6.07) is 0. The molecule has 0 amide bonds. The first-order valence-corrected chi connectivity index (χ1v) is 17.2. The van der Waals surface area contributed by atoms with Crippen molar-refractivity contribution in [3.05, 3.63) is 10.1 Å². The summed E-state index contributed by atoms with van der Waals surface area (Å²) < 4.78 is 79.9. The summed E-state index contributed by atoms with van der Waals surface area (Å²) in [6.45, 7) is 7.74. The predicted molar refractivity (Wildman–Crippen MR) is 137 cm³/mol. The fourth-order valence-corrected chi connectivity index (χ4v) is 4.67. The van der Waals surface area contributed by atoms with Crippen molar-refractivity contribution in [3.8, 4) is 0 Å². The third-order valence-electron chi connectivity index (χ3n) is 2.95.